The third-order valence-electron chi connectivity index (χ3n) is 8.85. The van der Waals surface area contributed by atoms with E-state index in [2.05, 4.69) is 173 Å². The van der Waals surface area contributed by atoms with E-state index in [0.717, 1.165) is 56.9 Å². The number of rotatable bonds is 13. The van der Waals surface area contributed by atoms with Crippen LogP contribution in [0.2, 0.25) is 0 Å². The Hall–Kier alpha value is -4.54. The fraction of sp³-hybridized carbons (Fsp3) is 0.182. The molecule has 0 unspecified atom stereocenters. The molecule has 0 atom stereocenters. The molecule has 6 rings (SSSR count). The van der Waals surface area contributed by atoms with E-state index in [9.17, 15) is 0 Å². The summed E-state index contributed by atoms with van der Waals surface area (Å²) in [6, 6.07) is 52.3. The summed E-state index contributed by atoms with van der Waals surface area (Å²) in [6.45, 7) is 4.48. The minimum atomic E-state index is 0.759. The van der Waals surface area contributed by atoms with Crippen molar-refractivity contribution in [3.05, 3.63) is 161 Å². The lowest BCUT2D eigenvalue weighted by atomic mass is 9.96. The summed E-state index contributed by atoms with van der Waals surface area (Å²) in [4.78, 5) is 4.61. The fourth-order valence-corrected chi connectivity index (χ4v) is 6.36. The highest BCUT2D eigenvalue weighted by molar-refractivity contribution is 9.10. The molecular weight excluding hydrogens is 647 g/mol. The smallest absolute Gasteiger partial charge is 0.113 e. The summed E-state index contributed by atoms with van der Waals surface area (Å²) in [7, 11) is 6.05. The van der Waals surface area contributed by atoms with E-state index in [1.54, 1.807) is 0 Å². The van der Waals surface area contributed by atoms with Gasteiger partial charge in [0.2, 0.25) is 0 Å². The zero-order valence-electron chi connectivity index (χ0n) is 27.9. The molecule has 0 saturated carbocycles. The lowest BCUT2D eigenvalue weighted by Crippen LogP contribution is -2.11. The van der Waals surface area contributed by atoms with Gasteiger partial charge in [-0.1, -0.05) is 109 Å². The van der Waals surface area contributed by atoms with Crippen LogP contribution < -0.4 is 15.3 Å². The van der Waals surface area contributed by atoms with E-state index in [1.165, 1.54) is 47.9 Å². The van der Waals surface area contributed by atoms with Crippen LogP contribution in [0.15, 0.2) is 150 Å². The zero-order valence-corrected chi connectivity index (χ0v) is 29.5. The number of benzene rings is 6. The van der Waals surface area contributed by atoms with E-state index in [0.29, 0.717) is 0 Å². The van der Waals surface area contributed by atoms with Gasteiger partial charge in [-0.2, -0.15) is 0 Å². The lowest BCUT2D eigenvalue weighted by molar-refractivity contribution is 0.795. The second-order valence-electron chi connectivity index (χ2n) is 12.4. The molecule has 2 nitrogen and oxygen atoms in total. The van der Waals surface area contributed by atoms with Crippen LogP contribution in [0, 0.1) is 0 Å². The number of nitrogens with zero attached hydrogens (tertiary/aromatic N) is 2. The summed E-state index contributed by atoms with van der Waals surface area (Å²) in [5, 5.41) is 0. The minimum absolute atomic E-state index is 0.759. The molecule has 2 radical (unpaired) electrons. The second-order valence-corrected chi connectivity index (χ2v) is 13.3. The number of halogens is 1. The van der Waals surface area contributed by atoms with Gasteiger partial charge in [0.15, 0.2) is 0 Å². The molecule has 238 valence electrons. The van der Waals surface area contributed by atoms with Gasteiger partial charge in [0, 0.05) is 38.6 Å². The van der Waals surface area contributed by atoms with Crippen LogP contribution in [0.3, 0.4) is 0 Å². The largest absolute Gasteiger partial charge is 0.311 e. The minimum Gasteiger partial charge on any atom is -0.311 e. The van der Waals surface area contributed by atoms with Crippen molar-refractivity contribution in [2.24, 2.45) is 0 Å². The van der Waals surface area contributed by atoms with Crippen LogP contribution in [0.5, 0.6) is 0 Å². The van der Waals surface area contributed by atoms with E-state index >= 15 is 0 Å². The van der Waals surface area contributed by atoms with Crippen LogP contribution in [0.4, 0.5) is 34.1 Å². The molecule has 0 N–H and O–H groups in total. The van der Waals surface area contributed by atoms with Crippen molar-refractivity contribution in [1.82, 2.24) is 0 Å². The van der Waals surface area contributed by atoms with Crippen molar-refractivity contribution in [2.75, 3.05) is 9.80 Å². The van der Waals surface area contributed by atoms with E-state index < -0.39 is 0 Å². The molecule has 0 fully saturated rings. The molecule has 0 bridgehead atoms. The average Bonchev–Trinajstić information content (AvgIpc) is 3.13. The Kier molecular flexibility index (Phi) is 11.2. The van der Waals surface area contributed by atoms with Crippen LogP contribution >= 0.6 is 15.9 Å². The average molecular weight is 690 g/mol. The van der Waals surface area contributed by atoms with Crippen molar-refractivity contribution in [3.8, 4) is 11.1 Å². The second kappa shape index (κ2) is 16.0. The first-order valence-corrected chi connectivity index (χ1v) is 17.9. The quantitative estimate of drug-likeness (QED) is 0.111. The van der Waals surface area contributed by atoms with Crippen LogP contribution in [-0.2, 0) is 12.8 Å². The molecule has 48 heavy (non-hydrogen) atoms. The highest BCUT2D eigenvalue weighted by Gasteiger charge is 2.15. The molecule has 0 heterocycles. The monoisotopic (exact) mass is 688 g/mol. The van der Waals surface area contributed by atoms with Crippen LogP contribution in [0.1, 0.15) is 50.7 Å². The van der Waals surface area contributed by atoms with Gasteiger partial charge in [0.05, 0.1) is 0 Å². The Balaban J connectivity index is 1.28. The van der Waals surface area contributed by atoms with Crippen LogP contribution in [-0.4, -0.2) is 7.85 Å². The van der Waals surface area contributed by atoms with Crippen molar-refractivity contribution >= 4 is 63.4 Å². The van der Waals surface area contributed by atoms with Gasteiger partial charge in [0.1, 0.15) is 7.85 Å². The Morgan fingerprint density at radius 2 is 0.708 bits per heavy atom. The molecule has 0 aliphatic rings. The molecule has 0 saturated heterocycles. The van der Waals surface area contributed by atoms with Gasteiger partial charge >= 0.3 is 0 Å². The lowest BCUT2D eigenvalue weighted by Gasteiger charge is -2.26. The molecular formula is C44H42BBrN2. The van der Waals surface area contributed by atoms with E-state index in [1.807, 2.05) is 12.1 Å². The Morgan fingerprint density at radius 3 is 1.04 bits per heavy atom. The van der Waals surface area contributed by atoms with Crippen molar-refractivity contribution < 1.29 is 0 Å². The number of anilines is 6. The number of hydrogen-bond donors (Lipinski definition) is 0. The molecule has 0 spiro atoms. The normalized spacial score (nSPS) is 11.0. The summed E-state index contributed by atoms with van der Waals surface area (Å²) < 4.78 is 1.07. The fourth-order valence-electron chi connectivity index (χ4n) is 6.10. The van der Waals surface area contributed by atoms with Gasteiger partial charge in [0.25, 0.3) is 0 Å². The standard InChI is InChI=1S/C44H42BBrN2/c1-3-5-7-33-9-21-39(22-10-33)47(43-29-17-37(45)18-30-43)41-25-13-35(14-26-41)36-15-27-42(28-16-36)48(44-31-19-38(46)20-32-44)40-23-11-34(12-24-40)8-6-4-2/h9-32H,3-8H2,1-2H3. The topological polar surface area (TPSA) is 6.48 Å². The predicted octanol–water partition coefficient (Wildman–Crippen LogP) is 12.5. The molecule has 0 aliphatic carbocycles. The highest BCUT2D eigenvalue weighted by atomic mass is 79.9. The first kappa shape index (κ1) is 33.4. The Labute approximate surface area is 296 Å². The third kappa shape index (κ3) is 8.12. The number of hydrogen-bond acceptors (Lipinski definition) is 2. The van der Waals surface area contributed by atoms with Gasteiger partial charge in [-0.25, -0.2) is 0 Å². The van der Waals surface area contributed by atoms with E-state index in [-0.39, 0.29) is 0 Å². The predicted molar refractivity (Wildman–Crippen MR) is 212 cm³/mol. The maximum absolute atomic E-state index is 6.05. The van der Waals surface area contributed by atoms with E-state index in [4.69, 9.17) is 7.85 Å². The van der Waals surface area contributed by atoms with Crippen molar-refractivity contribution in [3.63, 3.8) is 0 Å². The first-order valence-electron chi connectivity index (χ1n) is 17.1. The SMILES string of the molecule is [B]c1ccc(N(c2ccc(CCCC)cc2)c2ccc(-c3ccc(N(c4ccc(Br)cc4)c4ccc(CCCC)cc4)cc3)cc2)cc1. The summed E-state index contributed by atoms with van der Waals surface area (Å²) >= 11 is 3.60. The molecule has 6 aromatic rings. The van der Waals surface area contributed by atoms with Crippen molar-refractivity contribution in [2.45, 2.75) is 52.4 Å². The van der Waals surface area contributed by atoms with Gasteiger partial charge in [-0.15, -0.1) is 0 Å². The zero-order chi connectivity index (χ0) is 33.3. The van der Waals surface area contributed by atoms with Gasteiger partial charge in [-0.05, 0) is 133 Å². The molecule has 4 heteroatoms. The van der Waals surface area contributed by atoms with Gasteiger partial charge < -0.3 is 9.80 Å². The first-order chi connectivity index (χ1) is 23.5. The van der Waals surface area contributed by atoms with Gasteiger partial charge in [-0.3, -0.25) is 0 Å². The van der Waals surface area contributed by atoms with Crippen molar-refractivity contribution in [1.29, 1.82) is 0 Å². The van der Waals surface area contributed by atoms with Crippen LogP contribution in [0.25, 0.3) is 11.1 Å². The molecule has 0 aromatic heterocycles. The maximum Gasteiger partial charge on any atom is 0.113 e. The molecule has 6 aromatic carbocycles. The maximum atomic E-state index is 6.05. The number of aryl methyl sites for hydroxylation is 2. The molecule has 0 amide bonds. The third-order valence-corrected chi connectivity index (χ3v) is 9.38. The summed E-state index contributed by atoms with van der Waals surface area (Å²) in [5.74, 6) is 0. The Bertz CT molecular complexity index is 1720. The summed E-state index contributed by atoms with van der Waals surface area (Å²) in [5.41, 5.74) is 12.6. The number of unbranched alkanes of at least 4 members (excludes halogenated alkanes) is 2. The molecule has 0 aliphatic heterocycles. The Morgan fingerprint density at radius 1 is 0.417 bits per heavy atom. The summed E-state index contributed by atoms with van der Waals surface area (Å²) in [6.07, 6.45) is 7.05. The highest BCUT2D eigenvalue weighted by Crippen LogP contribution is 2.38.